The SMILES string of the molecule is CN=C(NCCC(C)c1ccc(OC)cc1)NCc1ccc(OC)nc1.I. The quantitative estimate of drug-likeness (QED) is 0.341. The molecule has 0 aliphatic carbocycles. The van der Waals surface area contributed by atoms with Gasteiger partial charge in [-0.2, -0.15) is 0 Å². The van der Waals surface area contributed by atoms with Crippen LogP contribution in [0.25, 0.3) is 0 Å². The maximum atomic E-state index is 5.20. The van der Waals surface area contributed by atoms with Crippen LogP contribution in [0.5, 0.6) is 11.6 Å². The van der Waals surface area contributed by atoms with Crippen LogP contribution in [-0.2, 0) is 6.54 Å². The molecule has 1 aromatic carbocycles. The highest BCUT2D eigenvalue weighted by atomic mass is 127. The molecule has 2 rings (SSSR count). The van der Waals surface area contributed by atoms with E-state index in [1.54, 1.807) is 27.5 Å². The summed E-state index contributed by atoms with van der Waals surface area (Å²) in [6, 6.07) is 12.1. The van der Waals surface area contributed by atoms with Crippen LogP contribution in [0.3, 0.4) is 0 Å². The van der Waals surface area contributed by atoms with Crippen molar-refractivity contribution in [1.29, 1.82) is 0 Å². The molecule has 0 radical (unpaired) electrons. The fourth-order valence-electron chi connectivity index (χ4n) is 2.55. The first-order chi connectivity index (χ1) is 12.7. The van der Waals surface area contributed by atoms with Crippen molar-refractivity contribution in [2.75, 3.05) is 27.8 Å². The molecule has 0 saturated carbocycles. The Morgan fingerprint density at radius 3 is 2.37 bits per heavy atom. The highest BCUT2D eigenvalue weighted by Crippen LogP contribution is 2.21. The van der Waals surface area contributed by atoms with Crippen molar-refractivity contribution in [3.05, 3.63) is 53.7 Å². The second-order valence-corrected chi connectivity index (χ2v) is 6.02. The first kappa shape index (κ1) is 23.0. The minimum absolute atomic E-state index is 0. The van der Waals surface area contributed by atoms with Crippen molar-refractivity contribution >= 4 is 29.9 Å². The molecule has 1 unspecified atom stereocenters. The van der Waals surface area contributed by atoms with Gasteiger partial charge in [0, 0.05) is 32.4 Å². The number of nitrogens with zero attached hydrogens (tertiary/aromatic N) is 2. The van der Waals surface area contributed by atoms with Gasteiger partial charge >= 0.3 is 0 Å². The maximum Gasteiger partial charge on any atom is 0.212 e. The predicted molar refractivity (Wildman–Crippen MR) is 120 cm³/mol. The standard InChI is InChI=1S/C20H28N4O2.HI/c1-15(17-6-8-18(25-3)9-7-17)11-12-22-20(21-2)24-14-16-5-10-19(26-4)23-13-16;/h5-10,13,15H,11-12,14H2,1-4H3,(H2,21,22,24);1H. The van der Waals surface area contributed by atoms with Gasteiger partial charge in [-0.15, -0.1) is 24.0 Å². The molecule has 2 aromatic rings. The van der Waals surface area contributed by atoms with E-state index >= 15 is 0 Å². The zero-order valence-corrected chi connectivity index (χ0v) is 18.7. The molecule has 0 spiro atoms. The van der Waals surface area contributed by atoms with Crippen molar-refractivity contribution in [3.8, 4) is 11.6 Å². The molecule has 0 aliphatic heterocycles. The third-order valence-corrected chi connectivity index (χ3v) is 4.24. The van der Waals surface area contributed by atoms with E-state index in [-0.39, 0.29) is 24.0 Å². The van der Waals surface area contributed by atoms with Gasteiger partial charge < -0.3 is 20.1 Å². The average Bonchev–Trinajstić information content (AvgIpc) is 2.70. The van der Waals surface area contributed by atoms with Crippen molar-refractivity contribution in [2.24, 2.45) is 4.99 Å². The van der Waals surface area contributed by atoms with Crippen LogP contribution in [0.4, 0.5) is 0 Å². The number of aliphatic imine (C=N–C) groups is 1. The fourth-order valence-corrected chi connectivity index (χ4v) is 2.55. The molecular weight excluding hydrogens is 455 g/mol. The molecule has 0 bridgehead atoms. The Hall–Kier alpha value is -2.03. The van der Waals surface area contributed by atoms with E-state index in [2.05, 4.69) is 39.7 Å². The van der Waals surface area contributed by atoms with Gasteiger partial charge in [-0.05, 0) is 35.6 Å². The van der Waals surface area contributed by atoms with Crippen molar-refractivity contribution < 1.29 is 9.47 Å². The summed E-state index contributed by atoms with van der Waals surface area (Å²) >= 11 is 0. The summed E-state index contributed by atoms with van der Waals surface area (Å²) in [5.41, 5.74) is 2.38. The number of halogens is 1. The monoisotopic (exact) mass is 484 g/mol. The van der Waals surface area contributed by atoms with Gasteiger partial charge in [0.25, 0.3) is 0 Å². The number of guanidine groups is 1. The second kappa shape index (κ2) is 12.4. The number of hydrogen-bond acceptors (Lipinski definition) is 4. The molecule has 0 fully saturated rings. The molecule has 1 aromatic heterocycles. The maximum absolute atomic E-state index is 5.20. The van der Waals surface area contributed by atoms with Crippen LogP contribution >= 0.6 is 24.0 Å². The number of pyridine rings is 1. The predicted octanol–water partition coefficient (Wildman–Crippen LogP) is 3.58. The van der Waals surface area contributed by atoms with Gasteiger partial charge in [0.05, 0.1) is 14.2 Å². The second-order valence-electron chi connectivity index (χ2n) is 6.02. The molecule has 27 heavy (non-hydrogen) atoms. The van der Waals surface area contributed by atoms with E-state index in [0.29, 0.717) is 18.3 Å². The van der Waals surface area contributed by atoms with E-state index < -0.39 is 0 Å². The highest BCUT2D eigenvalue weighted by molar-refractivity contribution is 14.0. The molecule has 2 N–H and O–H groups in total. The fraction of sp³-hybridized carbons (Fsp3) is 0.400. The molecule has 1 atom stereocenters. The third-order valence-electron chi connectivity index (χ3n) is 4.24. The van der Waals surface area contributed by atoms with Crippen LogP contribution in [0, 0.1) is 0 Å². The van der Waals surface area contributed by atoms with Gasteiger partial charge in [-0.1, -0.05) is 25.1 Å². The number of methoxy groups -OCH3 is 2. The number of rotatable bonds is 8. The van der Waals surface area contributed by atoms with Crippen molar-refractivity contribution in [2.45, 2.75) is 25.8 Å². The average molecular weight is 484 g/mol. The van der Waals surface area contributed by atoms with E-state index in [1.165, 1.54) is 5.56 Å². The van der Waals surface area contributed by atoms with Crippen molar-refractivity contribution in [1.82, 2.24) is 15.6 Å². The van der Waals surface area contributed by atoms with E-state index in [1.807, 2.05) is 24.3 Å². The van der Waals surface area contributed by atoms with Gasteiger partial charge in [-0.3, -0.25) is 4.99 Å². The lowest BCUT2D eigenvalue weighted by Crippen LogP contribution is -2.37. The molecule has 7 heteroatoms. The number of ether oxygens (including phenoxy) is 2. The van der Waals surface area contributed by atoms with Crippen LogP contribution in [-0.4, -0.2) is 38.8 Å². The van der Waals surface area contributed by atoms with Gasteiger partial charge in [0.15, 0.2) is 5.96 Å². The smallest absolute Gasteiger partial charge is 0.212 e. The van der Waals surface area contributed by atoms with Gasteiger partial charge in [-0.25, -0.2) is 4.98 Å². The summed E-state index contributed by atoms with van der Waals surface area (Å²) in [4.78, 5) is 8.46. The van der Waals surface area contributed by atoms with Crippen LogP contribution < -0.4 is 20.1 Å². The molecule has 0 saturated heterocycles. The molecule has 0 amide bonds. The summed E-state index contributed by atoms with van der Waals surface area (Å²) in [7, 11) is 5.07. The summed E-state index contributed by atoms with van der Waals surface area (Å²) in [5.74, 6) is 2.74. The summed E-state index contributed by atoms with van der Waals surface area (Å²) in [6.07, 6.45) is 2.81. The Balaban J connectivity index is 0.00000364. The zero-order chi connectivity index (χ0) is 18.8. The molecular formula is C20H29IN4O2. The zero-order valence-electron chi connectivity index (χ0n) is 16.4. The molecule has 1 heterocycles. The summed E-state index contributed by atoms with van der Waals surface area (Å²) in [6.45, 7) is 3.72. The Bertz CT molecular complexity index is 690. The lowest BCUT2D eigenvalue weighted by atomic mass is 9.98. The Morgan fingerprint density at radius 1 is 1.07 bits per heavy atom. The third kappa shape index (κ3) is 7.62. The van der Waals surface area contributed by atoms with E-state index in [9.17, 15) is 0 Å². The number of aromatic nitrogens is 1. The molecule has 148 valence electrons. The molecule has 0 aliphatic rings. The van der Waals surface area contributed by atoms with E-state index in [4.69, 9.17) is 9.47 Å². The Morgan fingerprint density at radius 2 is 1.81 bits per heavy atom. The first-order valence-electron chi connectivity index (χ1n) is 8.73. The molecule has 6 nitrogen and oxygen atoms in total. The minimum Gasteiger partial charge on any atom is -0.497 e. The van der Waals surface area contributed by atoms with Crippen molar-refractivity contribution in [3.63, 3.8) is 0 Å². The Labute approximate surface area is 178 Å². The normalized spacial score (nSPS) is 11.9. The van der Waals surface area contributed by atoms with Gasteiger partial charge in [0.1, 0.15) is 5.75 Å². The first-order valence-corrected chi connectivity index (χ1v) is 8.73. The minimum atomic E-state index is 0. The Kier molecular flexibility index (Phi) is 10.5. The topological polar surface area (TPSA) is 67.8 Å². The lowest BCUT2D eigenvalue weighted by molar-refractivity contribution is 0.397. The summed E-state index contributed by atoms with van der Waals surface area (Å²) in [5, 5.41) is 6.65. The lowest BCUT2D eigenvalue weighted by Gasteiger charge is -2.15. The van der Waals surface area contributed by atoms with E-state index in [0.717, 1.165) is 30.2 Å². The van der Waals surface area contributed by atoms with Crippen LogP contribution in [0.2, 0.25) is 0 Å². The number of nitrogens with one attached hydrogen (secondary N) is 2. The van der Waals surface area contributed by atoms with Crippen LogP contribution in [0.1, 0.15) is 30.4 Å². The highest BCUT2D eigenvalue weighted by Gasteiger charge is 2.06. The van der Waals surface area contributed by atoms with Gasteiger partial charge in [0.2, 0.25) is 5.88 Å². The van der Waals surface area contributed by atoms with Crippen LogP contribution in [0.15, 0.2) is 47.6 Å². The summed E-state index contributed by atoms with van der Waals surface area (Å²) < 4.78 is 10.3. The number of hydrogen-bond donors (Lipinski definition) is 2. The largest absolute Gasteiger partial charge is 0.497 e. The number of benzene rings is 1.